The maximum absolute atomic E-state index is 6.23. The zero-order valence-electron chi connectivity index (χ0n) is 17.2. The van der Waals surface area contributed by atoms with Crippen LogP contribution in [-0.4, -0.2) is 53.2 Å². The molecule has 2 N–H and O–H groups in total. The minimum atomic E-state index is 0.206. The Labute approximate surface area is 192 Å². The van der Waals surface area contributed by atoms with Gasteiger partial charge in [-0.1, -0.05) is 29.6 Å². The fourth-order valence-corrected chi connectivity index (χ4v) is 5.46. The summed E-state index contributed by atoms with van der Waals surface area (Å²) in [7, 11) is 1.62. The SMILES string of the molecule is COc1cccc(OCc2nnc(SCC3CSc4nnc(-c5cccnc5)n43)n2N)c1. The molecule has 5 rings (SSSR count). The summed E-state index contributed by atoms with van der Waals surface area (Å²) < 4.78 is 14.6. The summed E-state index contributed by atoms with van der Waals surface area (Å²) in [5.41, 5.74) is 0.947. The van der Waals surface area contributed by atoms with Crippen LogP contribution in [0.1, 0.15) is 11.9 Å². The van der Waals surface area contributed by atoms with Crippen molar-refractivity contribution >= 4 is 23.5 Å². The number of hydrogen-bond donors (Lipinski definition) is 1. The maximum Gasteiger partial charge on any atom is 0.209 e. The number of pyridine rings is 1. The van der Waals surface area contributed by atoms with Crippen molar-refractivity contribution in [2.45, 2.75) is 23.0 Å². The normalized spacial score (nSPS) is 15.0. The zero-order valence-corrected chi connectivity index (χ0v) is 18.8. The van der Waals surface area contributed by atoms with Gasteiger partial charge in [-0.15, -0.1) is 20.4 Å². The third-order valence-corrected chi connectivity index (χ3v) is 7.08. The smallest absolute Gasteiger partial charge is 0.209 e. The summed E-state index contributed by atoms with van der Waals surface area (Å²) >= 11 is 3.24. The van der Waals surface area contributed by atoms with E-state index in [0.717, 1.165) is 33.8 Å². The molecule has 0 fully saturated rings. The van der Waals surface area contributed by atoms with E-state index in [4.69, 9.17) is 15.3 Å². The van der Waals surface area contributed by atoms with E-state index in [9.17, 15) is 0 Å². The number of benzene rings is 1. The molecule has 3 aromatic heterocycles. The highest BCUT2D eigenvalue weighted by Crippen LogP contribution is 2.38. The number of ether oxygens (including phenoxy) is 2. The van der Waals surface area contributed by atoms with Crippen molar-refractivity contribution in [3.8, 4) is 22.9 Å². The van der Waals surface area contributed by atoms with E-state index in [1.807, 2.05) is 30.3 Å². The van der Waals surface area contributed by atoms with Crippen LogP contribution in [-0.2, 0) is 6.61 Å². The van der Waals surface area contributed by atoms with Gasteiger partial charge in [0.1, 0.15) is 18.1 Å². The van der Waals surface area contributed by atoms with Crippen LogP contribution in [0, 0.1) is 0 Å². The first-order valence-corrected chi connectivity index (χ1v) is 11.8. The molecule has 1 aliphatic heterocycles. The number of methoxy groups -OCH3 is 1. The molecule has 164 valence electrons. The summed E-state index contributed by atoms with van der Waals surface area (Å²) in [6, 6.07) is 11.5. The van der Waals surface area contributed by atoms with Gasteiger partial charge in [0.15, 0.2) is 16.8 Å². The van der Waals surface area contributed by atoms with Gasteiger partial charge in [0.25, 0.3) is 0 Å². The van der Waals surface area contributed by atoms with Crippen molar-refractivity contribution in [2.24, 2.45) is 0 Å². The minimum absolute atomic E-state index is 0.206. The van der Waals surface area contributed by atoms with Crippen molar-refractivity contribution in [1.82, 2.24) is 34.6 Å². The van der Waals surface area contributed by atoms with Crippen molar-refractivity contribution in [3.63, 3.8) is 0 Å². The van der Waals surface area contributed by atoms with Gasteiger partial charge in [0.2, 0.25) is 5.16 Å². The van der Waals surface area contributed by atoms with E-state index in [1.165, 1.54) is 4.68 Å². The molecule has 0 amide bonds. The van der Waals surface area contributed by atoms with Crippen LogP contribution in [0.4, 0.5) is 0 Å². The first kappa shape index (κ1) is 20.6. The van der Waals surface area contributed by atoms with Crippen LogP contribution in [0.15, 0.2) is 59.1 Å². The van der Waals surface area contributed by atoms with Crippen LogP contribution in [0.3, 0.4) is 0 Å². The lowest BCUT2D eigenvalue weighted by Gasteiger charge is -2.13. The highest BCUT2D eigenvalue weighted by atomic mass is 32.2. The quantitative estimate of drug-likeness (QED) is 0.305. The molecular formula is C20H20N8O2S2. The number of nitrogens with two attached hydrogens (primary N) is 1. The number of nitrogens with zero attached hydrogens (tertiary/aromatic N) is 7. The lowest BCUT2D eigenvalue weighted by Crippen LogP contribution is -2.17. The van der Waals surface area contributed by atoms with Gasteiger partial charge >= 0.3 is 0 Å². The average Bonchev–Trinajstić information content (AvgIpc) is 3.53. The molecule has 10 nitrogen and oxygen atoms in total. The van der Waals surface area contributed by atoms with E-state index in [0.29, 0.717) is 16.7 Å². The lowest BCUT2D eigenvalue weighted by molar-refractivity contribution is 0.289. The summed E-state index contributed by atoms with van der Waals surface area (Å²) in [4.78, 5) is 4.20. The van der Waals surface area contributed by atoms with Crippen molar-refractivity contribution < 1.29 is 9.47 Å². The molecule has 0 bridgehead atoms. The largest absolute Gasteiger partial charge is 0.497 e. The second-order valence-electron chi connectivity index (χ2n) is 6.93. The second-order valence-corrected chi connectivity index (χ2v) is 8.90. The van der Waals surface area contributed by atoms with Gasteiger partial charge in [0, 0.05) is 35.5 Å². The molecule has 0 radical (unpaired) electrons. The molecule has 4 heterocycles. The van der Waals surface area contributed by atoms with Crippen LogP contribution >= 0.6 is 23.5 Å². The summed E-state index contributed by atoms with van der Waals surface area (Å²) in [6.45, 7) is 0.206. The number of hydrogen-bond acceptors (Lipinski definition) is 10. The average molecular weight is 469 g/mol. The Balaban J connectivity index is 1.25. The molecule has 0 aliphatic carbocycles. The van der Waals surface area contributed by atoms with Crippen molar-refractivity contribution in [1.29, 1.82) is 0 Å². The molecular weight excluding hydrogens is 448 g/mol. The van der Waals surface area contributed by atoms with Crippen LogP contribution in [0.5, 0.6) is 11.5 Å². The lowest BCUT2D eigenvalue weighted by atomic mass is 10.2. The minimum Gasteiger partial charge on any atom is -0.497 e. The molecule has 0 spiro atoms. The summed E-state index contributed by atoms with van der Waals surface area (Å²) in [5, 5.41) is 18.6. The van der Waals surface area contributed by atoms with Gasteiger partial charge in [0.05, 0.1) is 13.2 Å². The van der Waals surface area contributed by atoms with Crippen LogP contribution in [0.2, 0.25) is 0 Å². The Hall–Kier alpha value is -3.25. The molecule has 0 saturated carbocycles. The van der Waals surface area contributed by atoms with E-state index in [1.54, 1.807) is 49.1 Å². The highest BCUT2D eigenvalue weighted by Gasteiger charge is 2.29. The van der Waals surface area contributed by atoms with E-state index in [-0.39, 0.29) is 12.6 Å². The Morgan fingerprint density at radius 3 is 2.91 bits per heavy atom. The van der Waals surface area contributed by atoms with Gasteiger partial charge in [-0.2, -0.15) is 0 Å². The third-order valence-electron chi connectivity index (χ3n) is 4.90. The Kier molecular flexibility index (Phi) is 5.86. The predicted octanol–water partition coefficient (Wildman–Crippen LogP) is 2.67. The molecule has 1 aliphatic rings. The molecule has 0 saturated heterocycles. The van der Waals surface area contributed by atoms with E-state index >= 15 is 0 Å². The predicted molar refractivity (Wildman–Crippen MR) is 121 cm³/mol. The highest BCUT2D eigenvalue weighted by molar-refractivity contribution is 8.00. The molecule has 1 unspecified atom stereocenters. The monoisotopic (exact) mass is 468 g/mol. The van der Waals surface area contributed by atoms with E-state index < -0.39 is 0 Å². The number of fused-ring (bicyclic) bond motifs is 1. The molecule has 32 heavy (non-hydrogen) atoms. The molecule has 1 aromatic carbocycles. The number of thioether (sulfide) groups is 2. The Bertz CT molecular complexity index is 1210. The first-order chi connectivity index (χ1) is 15.7. The van der Waals surface area contributed by atoms with E-state index in [2.05, 4.69) is 29.9 Å². The standard InChI is InChI=1S/C20H20N8O2S2/c1-29-15-5-2-6-16(8-15)30-10-17-23-26-20(28(17)21)32-12-14-11-31-19-25-24-18(27(14)19)13-4-3-7-22-9-13/h2-9,14H,10-12,21H2,1H3. The Morgan fingerprint density at radius 2 is 2.06 bits per heavy atom. The van der Waals surface area contributed by atoms with Crippen LogP contribution < -0.4 is 15.3 Å². The number of rotatable bonds is 8. The fraction of sp³-hybridized carbons (Fsp3) is 0.250. The Morgan fingerprint density at radius 1 is 1.16 bits per heavy atom. The maximum atomic E-state index is 6.23. The zero-order chi connectivity index (χ0) is 21.9. The topological polar surface area (TPSA) is 119 Å². The number of aromatic nitrogens is 7. The number of nitrogen functional groups attached to an aromatic ring is 1. The fourth-order valence-electron chi connectivity index (χ4n) is 3.28. The van der Waals surface area contributed by atoms with Gasteiger partial charge < -0.3 is 15.3 Å². The van der Waals surface area contributed by atoms with Gasteiger partial charge in [-0.05, 0) is 24.3 Å². The first-order valence-electron chi connectivity index (χ1n) is 9.80. The molecule has 4 aromatic rings. The summed E-state index contributed by atoms with van der Waals surface area (Å²) in [5.74, 6) is 10.7. The van der Waals surface area contributed by atoms with Crippen molar-refractivity contribution in [3.05, 3.63) is 54.6 Å². The van der Waals surface area contributed by atoms with Crippen LogP contribution in [0.25, 0.3) is 11.4 Å². The van der Waals surface area contributed by atoms with Crippen molar-refractivity contribution in [2.75, 3.05) is 24.5 Å². The van der Waals surface area contributed by atoms with Gasteiger partial charge in [-0.3, -0.25) is 9.55 Å². The second kappa shape index (κ2) is 9.09. The molecule has 1 atom stereocenters. The summed E-state index contributed by atoms with van der Waals surface area (Å²) in [6.07, 6.45) is 3.55. The third kappa shape index (κ3) is 4.10. The molecule has 12 heteroatoms. The van der Waals surface area contributed by atoms with Gasteiger partial charge in [-0.25, -0.2) is 4.68 Å².